The van der Waals surface area contributed by atoms with E-state index in [1.165, 1.54) is 0 Å². The summed E-state index contributed by atoms with van der Waals surface area (Å²) < 4.78 is 0.609. The lowest BCUT2D eigenvalue weighted by Gasteiger charge is -2.25. The summed E-state index contributed by atoms with van der Waals surface area (Å²) in [6.45, 7) is 5.70. The summed E-state index contributed by atoms with van der Waals surface area (Å²) in [5, 5.41) is 12.3. The third kappa shape index (κ3) is 3.72. The predicted molar refractivity (Wildman–Crippen MR) is 75.5 cm³/mol. The number of hydrogen-bond donors (Lipinski definition) is 1. The van der Waals surface area contributed by atoms with Gasteiger partial charge >= 0.3 is 0 Å². The monoisotopic (exact) mass is 328 g/mol. The van der Waals surface area contributed by atoms with Crippen molar-refractivity contribution >= 4 is 33.4 Å². The molecule has 96 valence electrons. The molecule has 18 heavy (non-hydrogen) atoms. The Kier molecular flexibility index (Phi) is 4.78. The average Bonchev–Trinajstić information content (AvgIpc) is 2.23. The van der Waals surface area contributed by atoms with E-state index in [4.69, 9.17) is 16.9 Å². The van der Waals surface area contributed by atoms with Crippen LogP contribution in [0.2, 0.25) is 5.02 Å². The number of rotatable bonds is 2. The number of nitrogens with one attached hydrogen (secondary N) is 1. The van der Waals surface area contributed by atoms with E-state index in [9.17, 15) is 4.79 Å². The first-order valence-electron chi connectivity index (χ1n) is 5.41. The molecule has 1 atom stereocenters. The Morgan fingerprint density at radius 3 is 2.56 bits per heavy atom. The van der Waals surface area contributed by atoms with Crippen molar-refractivity contribution in [3.8, 4) is 6.07 Å². The number of nitriles is 1. The van der Waals surface area contributed by atoms with Gasteiger partial charge in [0.2, 0.25) is 0 Å². The van der Waals surface area contributed by atoms with Crippen molar-refractivity contribution in [3.05, 3.63) is 33.3 Å². The smallest absolute Gasteiger partial charge is 0.253 e. The van der Waals surface area contributed by atoms with Crippen molar-refractivity contribution in [2.45, 2.75) is 26.8 Å². The van der Waals surface area contributed by atoms with E-state index in [1.807, 2.05) is 20.8 Å². The SMILES string of the molecule is CC(C)(C)[C@H](C#N)NC(=O)c1ccc(Cl)cc1Br. The molecule has 0 aromatic heterocycles. The van der Waals surface area contributed by atoms with Gasteiger partial charge in [-0.1, -0.05) is 32.4 Å². The van der Waals surface area contributed by atoms with Crippen molar-refractivity contribution < 1.29 is 4.79 Å². The Morgan fingerprint density at radius 2 is 2.11 bits per heavy atom. The van der Waals surface area contributed by atoms with Crippen molar-refractivity contribution in [3.63, 3.8) is 0 Å². The molecular weight excluding hydrogens is 316 g/mol. The number of carbonyl (C=O) groups excluding carboxylic acids is 1. The Labute approximate surface area is 120 Å². The molecule has 5 heteroatoms. The zero-order chi connectivity index (χ0) is 13.9. The number of amides is 1. The highest BCUT2D eigenvalue weighted by Crippen LogP contribution is 2.23. The Hall–Kier alpha value is -1.05. The van der Waals surface area contributed by atoms with Crippen LogP contribution >= 0.6 is 27.5 Å². The highest BCUT2D eigenvalue weighted by molar-refractivity contribution is 9.10. The number of nitrogens with zero attached hydrogens (tertiary/aromatic N) is 1. The Morgan fingerprint density at radius 1 is 1.50 bits per heavy atom. The lowest BCUT2D eigenvalue weighted by Crippen LogP contribution is -2.42. The van der Waals surface area contributed by atoms with Crippen molar-refractivity contribution in [1.82, 2.24) is 5.32 Å². The van der Waals surface area contributed by atoms with Crippen LogP contribution < -0.4 is 5.32 Å². The van der Waals surface area contributed by atoms with Gasteiger partial charge in [-0.15, -0.1) is 0 Å². The molecule has 1 rings (SSSR count). The minimum Gasteiger partial charge on any atom is -0.336 e. The topological polar surface area (TPSA) is 52.9 Å². The molecule has 1 N–H and O–H groups in total. The molecule has 0 saturated carbocycles. The van der Waals surface area contributed by atoms with E-state index >= 15 is 0 Å². The van der Waals surface area contributed by atoms with Gasteiger partial charge in [-0.2, -0.15) is 5.26 Å². The van der Waals surface area contributed by atoms with Crippen LogP contribution in [0.25, 0.3) is 0 Å². The molecule has 1 aromatic carbocycles. The van der Waals surface area contributed by atoms with Crippen LogP contribution in [0.15, 0.2) is 22.7 Å². The maximum atomic E-state index is 12.1. The molecule has 0 saturated heterocycles. The molecule has 0 radical (unpaired) electrons. The molecule has 0 unspecified atom stereocenters. The molecule has 0 bridgehead atoms. The summed E-state index contributed by atoms with van der Waals surface area (Å²) >= 11 is 9.10. The molecule has 0 spiro atoms. The zero-order valence-electron chi connectivity index (χ0n) is 10.4. The minimum atomic E-state index is -0.549. The summed E-state index contributed by atoms with van der Waals surface area (Å²) in [5.74, 6) is -0.292. The first kappa shape index (κ1) is 15.0. The van der Waals surface area contributed by atoms with Gasteiger partial charge < -0.3 is 5.32 Å². The molecule has 3 nitrogen and oxygen atoms in total. The van der Waals surface area contributed by atoms with Crippen LogP contribution in [0.5, 0.6) is 0 Å². The highest BCUT2D eigenvalue weighted by atomic mass is 79.9. The lowest BCUT2D eigenvalue weighted by atomic mass is 9.87. The fourth-order valence-corrected chi connectivity index (χ4v) is 2.19. The molecule has 0 heterocycles. The summed E-state index contributed by atoms with van der Waals surface area (Å²) in [6.07, 6.45) is 0. The number of halogens is 2. The second-order valence-electron chi connectivity index (χ2n) is 5.03. The normalized spacial score (nSPS) is 12.7. The molecular formula is C13H14BrClN2O. The molecule has 0 aliphatic carbocycles. The van der Waals surface area contributed by atoms with E-state index in [0.29, 0.717) is 15.1 Å². The van der Waals surface area contributed by atoms with Gasteiger partial charge in [-0.25, -0.2) is 0 Å². The van der Waals surface area contributed by atoms with E-state index in [1.54, 1.807) is 18.2 Å². The maximum Gasteiger partial charge on any atom is 0.253 e. The van der Waals surface area contributed by atoms with Gasteiger partial charge in [-0.3, -0.25) is 4.79 Å². The standard InChI is InChI=1S/C13H14BrClN2O/c1-13(2,3)11(7-16)17-12(18)9-5-4-8(15)6-10(9)14/h4-6,11H,1-3H3,(H,17,18)/t11-/m0/s1. The van der Waals surface area contributed by atoms with Crippen LogP contribution in [-0.2, 0) is 0 Å². The molecule has 1 aromatic rings. The van der Waals surface area contributed by atoms with Crippen LogP contribution in [-0.4, -0.2) is 11.9 Å². The summed E-state index contributed by atoms with van der Waals surface area (Å²) in [6, 6.07) is 6.46. The second-order valence-corrected chi connectivity index (χ2v) is 6.32. The number of benzene rings is 1. The molecule has 0 aliphatic heterocycles. The Balaban J connectivity index is 2.93. The van der Waals surface area contributed by atoms with E-state index in [0.717, 1.165) is 0 Å². The largest absolute Gasteiger partial charge is 0.336 e. The third-order valence-corrected chi connectivity index (χ3v) is 3.34. The first-order valence-corrected chi connectivity index (χ1v) is 6.58. The van der Waals surface area contributed by atoms with Gasteiger partial charge in [0, 0.05) is 9.50 Å². The fraction of sp³-hybridized carbons (Fsp3) is 0.385. The fourth-order valence-electron chi connectivity index (χ4n) is 1.32. The zero-order valence-corrected chi connectivity index (χ0v) is 12.8. The van der Waals surface area contributed by atoms with E-state index in [2.05, 4.69) is 27.3 Å². The van der Waals surface area contributed by atoms with Crippen molar-refractivity contribution in [2.24, 2.45) is 5.41 Å². The molecule has 1 amide bonds. The van der Waals surface area contributed by atoms with Crippen molar-refractivity contribution in [2.75, 3.05) is 0 Å². The van der Waals surface area contributed by atoms with Gasteiger partial charge in [0.1, 0.15) is 6.04 Å². The third-order valence-electron chi connectivity index (χ3n) is 2.45. The first-order chi connectivity index (χ1) is 8.25. The van der Waals surface area contributed by atoms with Gasteiger partial charge in [0.15, 0.2) is 0 Å². The van der Waals surface area contributed by atoms with E-state index in [-0.39, 0.29) is 11.3 Å². The summed E-state index contributed by atoms with van der Waals surface area (Å²) in [7, 11) is 0. The van der Waals surface area contributed by atoms with Crippen molar-refractivity contribution in [1.29, 1.82) is 5.26 Å². The minimum absolute atomic E-state index is 0.292. The molecule has 0 aliphatic rings. The maximum absolute atomic E-state index is 12.1. The average molecular weight is 330 g/mol. The predicted octanol–water partition coefficient (Wildman–Crippen LogP) is 3.77. The second kappa shape index (κ2) is 5.73. The van der Waals surface area contributed by atoms with Gasteiger partial charge in [0.25, 0.3) is 5.91 Å². The highest BCUT2D eigenvalue weighted by Gasteiger charge is 2.26. The van der Waals surface area contributed by atoms with Crippen LogP contribution in [0.1, 0.15) is 31.1 Å². The lowest BCUT2D eigenvalue weighted by molar-refractivity contribution is 0.0921. The van der Waals surface area contributed by atoms with Gasteiger partial charge in [0.05, 0.1) is 11.6 Å². The van der Waals surface area contributed by atoms with Crippen LogP contribution in [0.3, 0.4) is 0 Å². The summed E-state index contributed by atoms with van der Waals surface area (Å²) in [5.41, 5.74) is 0.146. The number of hydrogen-bond acceptors (Lipinski definition) is 2. The molecule has 0 fully saturated rings. The Bertz CT molecular complexity index is 503. The van der Waals surface area contributed by atoms with Gasteiger partial charge in [-0.05, 0) is 39.5 Å². The van der Waals surface area contributed by atoms with Crippen LogP contribution in [0.4, 0.5) is 0 Å². The van der Waals surface area contributed by atoms with E-state index < -0.39 is 6.04 Å². The quantitative estimate of drug-likeness (QED) is 0.898. The summed E-state index contributed by atoms with van der Waals surface area (Å²) in [4.78, 5) is 12.1. The number of carbonyl (C=O) groups is 1. The van der Waals surface area contributed by atoms with Crippen LogP contribution in [0, 0.1) is 16.7 Å².